The van der Waals surface area contributed by atoms with Crippen LogP contribution in [0.1, 0.15) is 54.7 Å². The van der Waals surface area contributed by atoms with Crippen LogP contribution in [0.3, 0.4) is 0 Å². The predicted octanol–water partition coefficient (Wildman–Crippen LogP) is 3.25. The summed E-state index contributed by atoms with van der Waals surface area (Å²) in [6.45, 7) is 3.04. The summed E-state index contributed by atoms with van der Waals surface area (Å²) >= 11 is 0. The molecule has 0 amide bonds. The molecule has 0 heterocycles. The molecule has 3 rings (SSSR count). The summed E-state index contributed by atoms with van der Waals surface area (Å²) in [4.78, 5) is 0. The molecule has 1 saturated carbocycles. The SMILES string of the molecule is Cc1ccc2c(c1)C1(CCC1)CC2CCN. The topological polar surface area (TPSA) is 26.0 Å². The molecule has 1 aromatic rings. The number of rotatable bonds is 2. The van der Waals surface area contributed by atoms with E-state index in [4.69, 9.17) is 5.73 Å². The van der Waals surface area contributed by atoms with Crippen molar-refractivity contribution in [2.75, 3.05) is 6.54 Å². The highest BCUT2D eigenvalue weighted by Gasteiger charge is 2.46. The molecule has 0 aliphatic heterocycles. The molecule has 2 aliphatic rings. The lowest BCUT2D eigenvalue weighted by Crippen LogP contribution is -2.31. The molecule has 1 aromatic carbocycles. The van der Waals surface area contributed by atoms with Crippen LogP contribution in [0.25, 0.3) is 0 Å². The monoisotopic (exact) mass is 215 g/mol. The van der Waals surface area contributed by atoms with Crippen molar-refractivity contribution < 1.29 is 0 Å². The first-order valence-electron chi connectivity index (χ1n) is 6.56. The molecule has 2 aliphatic carbocycles. The van der Waals surface area contributed by atoms with Gasteiger partial charge in [-0.15, -0.1) is 0 Å². The van der Waals surface area contributed by atoms with Gasteiger partial charge in [-0.25, -0.2) is 0 Å². The first-order chi connectivity index (χ1) is 7.75. The first-order valence-corrected chi connectivity index (χ1v) is 6.56. The van der Waals surface area contributed by atoms with Crippen LogP contribution >= 0.6 is 0 Å². The van der Waals surface area contributed by atoms with Gasteiger partial charge in [0.2, 0.25) is 0 Å². The number of fused-ring (bicyclic) bond motifs is 2. The van der Waals surface area contributed by atoms with Gasteiger partial charge in [-0.3, -0.25) is 0 Å². The minimum absolute atomic E-state index is 0.557. The third-order valence-corrected chi connectivity index (χ3v) is 4.68. The lowest BCUT2D eigenvalue weighted by molar-refractivity contribution is 0.231. The van der Waals surface area contributed by atoms with Crippen molar-refractivity contribution >= 4 is 0 Å². The first kappa shape index (κ1) is 10.3. The molecule has 1 spiro atoms. The summed E-state index contributed by atoms with van der Waals surface area (Å²) in [5.74, 6) is 0.737. The number of benzene rings is 1. The van der Waals surface area contributed by atoms with E-state index in [2.05, 4.69) is 25.1 Å². The zero-order valence-electron chi connectivity index (χ0n) is 10.1. The number of nitrogens with two attached hydrogens (primary N) is 1. The van der Waals surface area contributed by atoms with Crippen LogP contribution in [-0.2, 0) is 5.41 Å². The van der Waals surface area contributed by atoms with Gasteiger partial charge >= 0.3 is 0 Å². The highest BCUT2D eigenvalue weighted by Crippen LogP contribution is 2.57. The van der Waals surface area contributed by atoms with Crippen molar-refractivity contribution in [3.8, 4) is 0 Å². The van der Waals surface area contributed by atoms with Crippen molar-refractivity contribution in [2.24, 2.45) is 5.73 Å². The highest BCUT2D eigenvalue weighted by molar-refractivity contribution is 5.46. The van der Waals surface area contributed by atoms with Crippen LogP contribution in [-0.4, -0.2) is 6.54 Å². The second kappa shape index (κ2) is 3.59. The number of hydrogen-bond donors (Lipinski definition) is 1. The van der Waals surface area contributed by atoms with Crippen molar-refractivity contribution in [1.29, 1.82) is 0 Å². The zero-order valence-corrected chi connectivity index (χ0v) is 10.1. The van der Waals surface area contributed by atoms with Gasteiger partial charge in [0, 0.05) is 0 Å². The maximum absolute atomic E-state index is 5.74. The van der Waals surface area contributed by atoms with Gasteiger partial charge in [-0.05, 0) is 61.6 Å². The smallest absolute Gasteiger partial charge is 0.00382 e. The summed E-state index contributed by atoms with van der Waals surface area (Å²) < 4.78 is 0. The standard InChI is InChI=1S/C15H21N/c1-11-3-4-13-12(5-8-16)10-15(6-2-7-15)14(13)9-11/h3-4,9,12H,2,5-8,10,16H2,1H3. The minimum Gasteiger partial charge on any atom is -0.330 e. The summed E-state index contributed by atoms with van der Waals surface area (Å²) in [5.41, 5.74) is 11.0. The van der Waals surface area contributed by atoms with Crippen LogP contribution in [0, 0.1) is 6.92 Å². The lowest BCUT2D eigenvalue weighted by atomic mass is 9.64. The van der Waals surface area contributed by atoms with Crippen LogP contribution in [0.4, 0.5) is 0 Å². The quantitative estimate of drug-likeness (QED) is 0.805. The van der Waals surface area contributed by atoms with Gasteiger partial charge in [0.05, 0.1) is 0 Å². The molecule has 1 fully saturated rings. The normalized spacial score (nSPS) is 25.5. The highest BCUT2D eigenvalue weighted by atomic mass is 14.6. The van der Waals surface area contributed by atoms with E-state index in [9.17, 15) is 0 Å². The van der Waals surface area contributed by atoms with Crippen LogP contribution in [0.5, 0.6) is 0 Å². The minimum atomic E-state index is 0.557. The third kappa shape index (κ3) is 1.34. The molecule has 0 radical (unpaired) electrons. The Labute approximate surface area is 98.0 Å². The van der Waals surface area contributed by atoms with E-state index in [0.29, 0.717) is 5.41 Å². The largest absolute Gasteiger partial charge is 0.330 e. The van der Waals surface area contributed by atoms with E-state index in [-0.39, 0.29) is 0 Å². The van der Waals surface area contributed by atoms with E-state index in [1.165, 1.54) is 31.2 Å². The van der Waals surface area contributed by atoms with Gasteiger partial charge < -0.3 is 5.73 Å². The van der Waals surface area contributed by atoms with Crippen LogP contribution in [0.15, 0.2) is 18.2 Å². The Morgan fingerprint density at radius 1 is 1.38 bits per heavy atom. The molecule has 16 heavy (non-hydrogen) atoms. The van der Waals surface area contributed by atoms with Crippen LogP contribution < -0.4 is 5.73 Å². The van der Waals surface area contributed by atoms with E-state index < -0.39 is 0 Å². The fourth-order valence-electron chi connectivity index (χ4n) is 3.71. The Balaban J connectivity index is 2.03. The van der Waals surface area contributed by atoms with Gasteiger partial charge in [-0.1, -0.05) is 30.2 Å². The van der Waals surface area contributed by atoms with Crippen molar-refractivity contribution in [1.82, 2.24) is 0 Å². The predicted molar refractivity (Wildman–Crippen MR) is 67.7 cm³/mol. The molecule has 0 saturated heterocycles. The Morgan fingerprint density at radius 3 is 2.81 bits per heavy atom. The molecule has 1 heteroatoms. The van der Waals surface area contributed by atoms with Crippen molar-refractivity contribution in [3.05, 3.63) is 34.9 Å². The molecular weight excluding hydrogens is 194 g/mol. The molecular formula is C15H21N. The number of hydrogen-bond acceptors (Lipinski definition) is 1. The second-order valence-corrected chi connectivity index (χ2v) is 5.70. The molecule has 0 bridgehead atoms. The van der Waals surface area contributed by atoms with E-state index in [0.717, 1.165) is 18.9 Å². The fourth-order valence-corrected chi connectivity index (χ4v) is 3.71. The third-order valence-electron chi connectivity index (χ3n) is 4.68. The Bertz CT molecular complexity index is 404. The fraction of sp³-hybridized carbons (Fsp3) is 0.600. The van der Waals surface area contributed by atoms with E-state index in [1.54, 1.807) is 11.1 Å². The van der Waals surface area contributed by atoms with Gasteiger partial charge in [0.1, 0.15) is 0 Å². The molecule has 0 aromatic heterocycles. The molecule has 86 valence electrons. The molecule has 1 nitrogen and oxygen atoms in total. The van der Waals surface area contributed by atoms with Gasteiger partial charge in [0.15, 0.2) is 0 Å². The van der Waals surface area contributed by atoms with E-state index >= 15 is 0 Å². The van der Waals surface area contributed by atoms with E-state index in [1.807, 2.05) is 0 Å². The maximum atomic E-state index is 5.74. The summed E-state index contributed by atoms with van der Waals surface area (Å²) in [5, 5.41) is 0. The Morgan fingerprint density at radius 2 is 2.19 bits per heavy atom. The van der Waals surface area contributed by atoms with Gasteiger partial charge in [0.25, 0.3) is 0 Å². The summed E-state index contributed by atoms with van der Waals surface area (Å²) in [6, 6.07) is 7.06. The van der Waals surface area contributed by atoms with Crippen molar-refractivity contribution in [3.63, 3.8) is 0 Å². The summed E-state index contributed by atoms with van der Waals surface area (Å²) in [7, 11) is 0. The van der Waals surface area contributed by atoms with Gasteiger partial charge in [-0.2, -0.15) is 0 Å². The summed E-state index contributed by atoms with van der Waals surface area (Å²) in [6.07, 6.45) is 6.76. The molecule has 1 unspecified atom stereocenters. The number of aryl methyl sites for hydroxylation is 1. The average Bonchev–Trinajstić information content (AvgIpc) is 2.53. The molecule has 2 N–H and O–H groups in total. The lowest BCUT2D eigenvalue weighted by Gasteiger charge is -2.40. The average molecular weight is 215 g/mol. The second-order valence-electron chi connectivity index (χ2n) is 5.70. The Hall–Kier alpha value is -0.820. The Kier molecular flexibility index (Phi) is 2.32. The molecule has 1 atom stereocenters. The van der Waals surface area contributed by atoms with Crippen molar-refractivity contribution in [2.45, 2.75) is 50.4 Å². The maximum Gasteiger partial charge on any atom is -0.00382 e. The van der Waals surface area contributed by atoms with Crippen LogP contribution in [0.2, 0.25) is 0 Å². The zero-order chi connectivity index (χ0) is 11.2.